The number of nitro groups is 1. The Labute approximate surface area is 188 Å². The van der Waals surface area contributed by atoms with Crippen LogP contribution in [-0.4, -0.2) is 66.7 Å². The minimum Gasteiger partial charge on any atom is -0.432 e. The predicted octanol–water partition coefficient (Wildman–Crippen LogP) is 0.362. The van der Waals surface area contributed by atoms with Gasteiger partial charge in [-0.3, -0.25) is 24.0 Å². The number of benzene rings is 1. The summed E-state index contributed by atoms with van der Waals surface area (Å²) in [5.74, 6) is 0.131. The van der Waals surface area contributed by atoms with Crippen LogP contribution in [0.4, 0.5) is 17.1 Å². The quantitative estimate of drug-likeness (QED) is 0.404. The fraction of sp³-hybridized carbons (Fsp3) is 0.524. The Bertz CT molecular complexity index is 1240. The molecule has 5 rings (SSSR count). The van der Waals surface area contributed by atoms with E-state index in [1.165, 1.54) is 18.7 Å². The van der Waals surface area contributed by atoms with Crippen LogP contribution in [0.15, 0.2) is 15.7 Å². The van der Waals surface area contributed by atoms with Crippen molar-refractivity contribution in [3.05, 3.63) is 48.1 Å². The standard InChI is InChI=1S/C21H25N5O7/c1-22-19(27)14-11-13-15(24-3-7-31-8-4-24)12-16(25-5-9-32-10-6-25)17(26(29)30)18(13)33-20(14)23(2)21(22)28/h12H,3-11H2,1-2H3. The van der Waals surface area contributed by atoms with E-state index in [9.17, 15) is 19.7 Å². The molecule has 2 aromatic rings. The van der Waals surface area contributed by atoms with E-state index in [1.807, 2.05) is 11.0 Å². The minimum absolute atomic E-state index is 0.0470. The van der Waals surface area contributed by atoms with E-state index < -0.39 is 16.2 Å². The van der Waals surface area contributed by atoms with Crippen molar-refractivity contribution in [1.82, 2.24) is 9.13 Å². The maximum atomic E-state index is 12.9. The molecule has 0 bridgehead atoms. The van der Waals surface area contributed by atoms with Gasteiger partial charge in [-0.05, 0) is 6.07 Å². The number of anilines is 2. The zero-order valence-electron chi connectivity index (χ0n) is 18.5. The minimum atomic E-state index is -0.553. The van der Waals surface area contributed by atoms with Crippen molar-refractivity contribution in [2.45, 2.75) is 6.42 Å². The Kier molecular flexibility index (Phi) is 5.33. The Morgan fingerprint density at radius 3 is 2.03 bits per heavy atom. The van der Waals surface area contributed by atoms with Crippen LogP contribution in [0.3, 0.4) is 0 Å². The van der Waals surface area contributed by atoms with Gasteiger partial charge in [0.05, 0.1) is 36.9 Å². The molecule has 2 fully saturated rings. The third-order valence-electron chi connectivity index (χ3n) is 6.45. The number of rotatable bonds is 3. The zero-order chi connectivity index (χ0) is 23.3. The summed E-state index contributed by atoms with van der Waals surface area (Å²) in [5, 5.41) is 12.3. The van der Waals surface area contributed by atoms with Gasteiger partial charge in [-0.2, -0.15) is 0 Å². The van der Waals surface area contributed by atoms with Gasteiger partial charge in [0.15, 0.2) is 0 Å². The first-order valence-corrected chi connectivity index (χ1v) is 10.8. The van der Waals surface area contributed by atoms with E-state index in [0.29, 0.717) is 69.4 Å². The highest BCUT2D eigenvalue weighted by atomic mass is 16.6. The van der Waals surface area contributed by atoms with Crippen LogP contribution in [0.5, 0.6) is 11.6 Å². The number of fused-ring (bicyclic) bond motifs is 2. The lowest BCUT2D eigenvalue weighted by molar-refractivity contribution is -0.385. The van der Waals surface area contributed by atoms with Crippen LogP contribution < -0.4 is 25.8 Å². The van der Waals surface area contributed by atoms with Gasteiger partial charge in [0.1, 0.15) is 5.69 Å². The number of ether oxygens (including phenoxy) is 3. The van der Waals surface area contributed by atoms with E-state index in [1.54, 1.807) is 0 Å². The van der Waals surface area contributed by atoms with Crippen LogP contribution in [0.2, 0.25) is 0 Å². The molecule has 0 spiro atoms. The fourth-order valence-electron chi connectivity index (χ4n) is 4.70. The topological polar surface area (TPSA) is 121 Å². The van der Waals surface area contributed by atoms with Crippen LogP contribution in [0.1, 0.15) is 11.1 Å². The summed E-state index contributed by atoms with van der Waals surface area (Å²) in [5.41, 5.74) is 0.915. The lowest BCUT2D eigenvalue weighted by atomic mass is 9.97. The summed E-state index contributed by atoms with van der Waals surface area (Å²) in [6.45, 7) is 4.26. The van der Waals surface area contributed by atoms with Gasteiger partial charge < -0.3 is 24.0 Å². The van der Waals surface area contributed by atoms with Crippen LogP contribution in [-0.2, 0) is 30.0 Å². The number of hydrogen-bond acceptors (Lipinski definition) is 9. The summed E-state index contributed by atoms with van der Waals surface area (Å²) in [4.78, 5) is 41.3. The highest BCUT2D eigenvalue weighted by molar-refractivity contribution is 5.82. The molecule has 4 heterocycles. The average Bonchev–Trinajstić information content (AvgIpc) is 2.85. The molecule has 1 aromatic heterocycles. The molecule has 0 unspecified atom stereocenters. The molecule has 2 saturated heterocycles. The molecule has 3 aliphatic heterocycles. The molecular weight excluding hydrogens is 434 g/mol. The maximum absolute atomic E-state index is 12.9. The maximum Gasteiger partial charge on any atom is 0.335 e. The average molecular weight is 459 g/mol. The van der Waals surface area contributed by atoms with Crippen LogP contribution >= 0.6 is 0 Å². The molecule has 0 saturated carbocycles. The van der Waals surface area contributed by atoms with Gasteiger partial charge in [0.25, 0.3) is 5.56 Å². The van der Waals surface area contributed by atoms with Gasteiger partial charge in [-0.15, -0.1) is 0 Å². The molecule has 12 nitrogen and oxygen atoms in total. The number of morpholine rings is 2. The van der Waals surface area contributed by atoms with Crippen molar-refractivity contribution in [3.8, 4) is 11.6 Å². The second-order valence-corrected chi connectivity index (χ2v) is 8.30. The Balaban J connectivity index is 1.76. The highest BCUT2D eigenvalue weighted by Crippen LogP contribution is 2.50. The summed E-state index contributed by atoms with van der Waals surface area (Å²) in [6.07, 6.45) is 0.127. The first-order valence-electron chi connectivity index (χ1n) is 10.8. The molecule has 1 aromatic carbocycles. The normalized spacial score (nSPS) is 17.9. The highest BCUT2D eigenvalue weighted by Gasteiger charge is 2.38. The van der Waals surface area contributed by atoms with E-state index in [0.717, 1.165) is 10.3 Å². The summed E-state index contributed by atoms with van der Waals surface area (Å²) >= 11 is 0. The van der Waals surface area contributed by atoms with E-state index >= 15 is 0 Å². The van der Waals surface area contributed by atoms with Crippen molar-refractivity contribution in [1.29, 1.82) is 0 Å². The largest absolute Gasteiger partial charge is 0.432 e. The van der Waals surface area contributed by atoms with Crippen molar-refractivity contribution >= 4 is 17.1 Å². The molecule has 176 valence electrons. The monoisotopic (exact) mass is 459 g/mol. The molecule has 0 atom stereocenters. The predicted molar refractivity (Wildman–Crippen MR) is 119 cm³/mol. The molecule has 0 N–H and O–H groups in total. The number of nitrogens with zero attached hydrogens (tertiary/aromatic N) is 5. The number of hydrogen-bond donors (Lipinski definition) is 0. The first kappa shape index (κ1) is 21.5. The fourth-order valence-corrected chi connectivity index (χ4v) is 4.70. The van der Waals surface area contributed by atoms with Crippen molar-refractivity contribution in [2.24, 2.45) is 14.1 Å². The number of aromatic nitrogens is 2. The van der Waals surface area contributed by atoms with Crippen LogP contribution in [0, 0.1) is 10.1 Å². The Hall–Kier alpha value is -3.38. The van der Waals surface area contributed by atoms with E-state index in [4.69, 9.17) is 14.2 Å². The van der Waals surface area contributed by atoms with Crippen LogP contribution in [0.25, 0.3) is 0 Å². The van der Waals surface area contributed by atoms with E-state index in [-0.39, 0.29) is 23.7 Å². The Morgan fingerprint density at radius 1 is 0.879 bits per heavy atom. The Morgan fingerprint density at radius 2 is 1.45 bits per heavy atom. The molecule has 33 heavy (non-hydrogen) atoms. The lowest BCUT2D eigenvalue weighted by Gasteiger charge is -2.35. The SMILES string of the molecule is Cn1c2c(c(=O)n(C)c1=O)Cc1c(N3CCOCC3)cc(N3CCOCC3)c([N+](=O)[O-])c1O2. The molecule has 12 heteroatoms. The van der Waals surface area contributed by atoms with Crippen molar-refractivity contribution in [2.75, 3.05) is 62.4 Å². The molecule has 0 amide bonds. The lowest BCUT2D eigenvalue weighted by Crippen LogP contribution is -2.41. The first-order chi connectivity index (χ1) is 15.9. The third kappa shape index (κ3) is 3.45. The van der Waals surface area contributed by atoms with Gasteiger partial charge in [-0.25, -0.2) is 4.79 Å². The zero-order valence-corrected chi connectivity index (χ0v) is 18.5. The van der Waals surface area contributed by atoms with Gasteiger partial charge >= 0.3 is 11.4 Å². The summed E-state index contributed by atoms with van der Waals surface area (Å²) < 4.78 is 19.2. The molecule has 0 aliphatic carbocycles. The van der Waals surface area contributed by atoms with Gasteiger partial charge in [-0.1, -0.05) is 0 Å². The molecular formula is C21H25N5O7. The van der Waals surface area contributed by atoms with Crippen molar-refractivity contribution in [3.63, 3.8) is 0 Å². The van der Waals surface area contributed by atoms with Gasteiger partial charge in [0, 0.05) is 57.9 Å². The van der Waals surface area contributed by atoms with Gasteiger partial charge in [0.2, 0.25) is 11.6 Å². The second-order valence-electron chi connectivity index (χ2n) is 8.30. The third-order valence-corrected chi connectivity index (χ3v) is 6.45. The summed E-state index contributed by atoms with van der Waals surface area (Å²) in [6, 6.07) is 1.83. The molecule has 0 radical (unpaired) electrons. The summed E-state index contributed by atoms with van der Waals surface area (Å²) in [7, 11) is 2.90. The smallest absolute Gasteiger partial charge is 0.335 e. The van der Waals surface area contributed by atoms with Crippen molar-refractivity contribution < 1.29 is 19.1 Å². The number of nitro benzene ring substituents is 1. The second kappa shape index (κ2) is 8.19. The molecule has 3 aliphatic rings. The van der Waals surface area contributed by atoms with E-state index in [2.05, 4.69) is 4.90 Å².